The van der Waals surface area contributed by atoms with Crippen LogP contribution in [0.4, 0.5) is 21.5 Å². The van der Waals surface area contributed by atoms with Gasteiger partial charge < -0.3 is 10.2 Å². The number of halogens is 1. The highest BCUT2D eigenvalue weighted by atomic mass is 19.1. The third kappa shape index (κ3) is 3.57. The van der Waals surface area contributed by atoms with Gasteiger partial charge in [0, 0.05) is 24.8 Å². The van der Waals surface area contributed by atoms with E-state index < -0.39 is 17.6 Å². The van der Waals surface area contributed by atoms with Crippen molar-refractivity contribution in [2.45, 2.75) is 13.3 Å². The third-order valence-corrected chi connectivity index (χ3v) is 5.78. The second-order valence-corrected chi connectivity index (χ2v) is 7.94. The average Bonchev–Trinajstić information content (AvgIpc) is 3.32. The fourth-order valence-electron chi connectivity index (χ4n) is 4.37. The molecule has 0 fully saturated rings. The largest absolute Gasteiger partial charge is 0.336 e. The number of imide groups is 1. The Labute approximate surface area is 189 Å². The van der Waals surface area contributed by atoms with E-state index in [0.29, 0.717) is 17.8 Å². The molecule has 0 bridgehead atoms. The van der Waals surface area contributed by atoms with Crippen LogP contribution in [0.3, 0.4) is 0 Å². The molecule has 0 aromatic heterocycles. The fraction of sp³-hybridized carbons (Fsp3) is 0.115. The molecular formula is C26H20FN3O3. The van der Waals surface area contributed by atoms with E-state index in [2.05, 4.69) is 5.32 Å². The van der Waals surface area contributed by atoms with E-state index in [0.717, 1.165) is 22.6 Å². The van der Waals surface area contributed by atoms with Gasteiger partial charge in [-0.1, -0.05) is 36.4 Å². The Balaban J connectivity index is 1.64. The van der Waals surface area contributed by atoms with Crippen LogP contribution >= 0.6 is 0 Å². The van der Waals surface area contributed by atoms with E-state index in [4.69, 9.17) is 0 Å². The highest BCUT2D eigenvalue weighted by Gasteiger charge is 2.44. The molecule has 3 amide bonds. The Kier molecular flexibility index (Phi) is 5.01. The summed E-state index contributed by atoms with van der Waals surface area (Å²) in [6, 6.07) is 20.0. The van der Waals surface area contributed by atoms with Crippen molar-refractivity contribution in [2.24, 2.45) is 0 Å². The van der Waals surface area contributed by atoms with Crippen molar-refractivity contribution in [3.8, 4) is 0 Å². The molecule has 2 aliphatic rings. The van der Waals surface area contributed by atoms with E-state index >= 15 is 0 Å². The molecule has 0 atom stereocenters. The summed E-state index contributed by atoms with van der Waals surface area (Å²) in [6.45, 7) is 1.97. The van der Waals surface area contributed by atoms with Gasteiger partial charge in [0.1, 0.15) is 11.5 Å². The van der Waals surface area contributed by atoms with Crippen LogP contribution in [-0.4, -0.2) is 24.3 Å². The number of benzene rings is 3. The lowest BCUT2D eigenvalue weighted by molar-refractivity contribution is -0.120. The van der Waals surface area contributed by atoms with Gasteiger partial charge in [-0.25, -0.2) is 9.29 Å². The number of carbonyl (C=O) groups is 3. The summed E-state index contributed by atoms with van der Waals surface area (Å²) < 4.78 is 13.9. The molecule has 3 aromatic rings. The lowest BCUT2D eigenvalue weighted by atomic mass is 10.0. The number of carbonyl (C=O) groups excluding carboxylic acids is 3. The minimum absolute atomic E-state index is 0.180. The molecule has 0 saturated carbocycles. The molecule has 2 heterocycles. The maximum Gasteiger partial charge on any atom is 0.282 e. The highest BCUT2D eigenvalue weighted by molar-refractivity contribution is 6.46. The molecule has 0 unspecified atom stereocenters. The zero-order valence-electron chi connectivity index (χ0n) is 17.8. The second kappa shape index (κ2) is 8.02. The molecule has 6 nitrogen and oxygen atoms in total. The molecule has 7 heteroatoms. The number of rotatable bonds is 4. The Morgan fingerprint density at radius 1 is 0.939 bits per heavy atom. The van der Waals surface area contributed by atoms with Crippen molar-refractivity contribution in [1.29, 1.82) is 0 Å². The fourth-order valence-corrected chi connectivity index (χ4v) is 4.37. The van der Waals surface area contributed by atoms with Crippen molar-refractivity contribution in [3.63, 3.8) is 0 Å². The van der Waals surface area contributed by atoms with E-state index in [9.17, 15) is 18.8 Å². The van der Waals surface area contributed by atoms with Gasteiger partial charge in [0.15, 0.2) is 0 Å². The zero-order chi connectivity index (χ0) is 23.1. The maximum absolute atomic E-state index is 13.9. The van der Waals surface area contributed by atoms with Crippen molar-refractivity contribution >= 4 is 40.4 Å². The Hall–Kier alpha value is -4.26. The standard InChI is InChI=1S/C26H20FN3O3/c1-16(31)28-20-11-9-18(10-12-20)23-24(29-14-13-17-5-2-3-8-22(17)29)26(33)30(25(23)32)21-7-4-6-19(27)15-21/h2-12,15H,13-14H2,1H3,(H,28,31). The van der Waals surface area contributed by atoms with Crippen molar-refractivity contribution < 1.29 is 18.8 Å². The molecule has 2 aliphatic heterocycles. The number of hydrogen-bond donors (Lipinski definition) is 1. The number of nitrogens with one attached hydrogen (secondary N) is 1. The maximum atomic E-state index is 13.9. The molecule has 5 rings (SSSR count). The molecule has 1 N–H and O–H groups in total. The first-order chi connectivity index (χ1) is 15.9. The van der Waals surface area contributed by atoms with Crippen LogP contribution in [0.1, 0.15) is 18.1 Å². The Morgan fingerprint density at radius 2 is 1.70 bits per heavy atom. The van der Waals surface area contributed by atoms with Crippen LogP contribution < -0.4 is 15.1 Å². The first kappa shape index (κ1) is 20.6. The summed E-state index contributed by atoms with van der Waals surface area (Å²) in [5, 5.41) is 2.69. The second-order valence-electron chi connectivity index (χ2n) is 7.94. The molecule has 3 aromatic carbocycles. The lowest BCUT2D eigenvalue weighted by Gasteiger charge is -2.21. The summed E-state index contributed by atoms with van der Waals surface area (Å²) >= 11 is 0. The van der Waals surface area contributed by atoms with Crippen molar-refractivity contribution in [2.75, 3.05) is 21.7 Å². The number of anilines is 3. The summed E-state index contributed by atoms with van der Waals surface area (Å²) in [4.78, 5) is 41.5. The third-order valence-electron chi connectivity index (χ3n) is 5.78. The van der Waals surface area contributed by atoms with E-state index in [1.807, 2.05) is 29.2 Å². The van der Waals surface area contributed by atoms with Gasteiger partial charge >= 0.3 is 0 Å². The van der Waals surface area contributed by atoms with Gasteiger partial charge in [-0.3, -0.25) is 14.4 Å². The minimum Gasteiger partial charge on any atom is -0.336 e. The van der Waals surface area contributed by atoms with Crippen molar-refractivity contribution in [3.05, 3.63) is 95.4 Å². The van der Waals surface area contributed by atoms with Gasteiger partial charge in [-0.05, 0) is 53.9 Å². The van der Waals surface area contributed by atoms with E-state index in [1.165, 1.54) is 31.2 Å². The summed E-state index contributed by atoms with van der Waals surface area (Å²) in [5.41, 5.74) is 3.79. The number of hydrogen-bond acceptors (Lipinski definition) is 4. The highest BCUT2D eigenvalue weighted by Crippen LogP contribution is 2.40. The van der Waals surface area contributed by atoms with E-state index in [1.54, 1.807) is 24.3 Å². The summed E-state index contributed by atoms with van der Waals surface area (Å²) in [6.07, 6.45) is 0.746. The number of amides is 3. The molecular weight excluding hydrogens is 421 g/mol. The molecule has 0 saturated heterocycles. The van der Waals surface area contributed by atoms with Crippen LogP contribution in [0.2, 0.25) is 0 Å². The summed E-state index contributed by atoms with van der Waals surface area (Å²) in [5.74, 6) is -1.75. The molecule has 164 valence electrons. The minimum atomic E-state index is -0.533. The van der Waals surface area contributed by atoms with Crippen LogP contribution in [0.15, 0.2) is 78.5 Å². The SMILES string of the molecule is CC(=O)Nc1ccc(C2=C(N3CCc4ccccc43)C(=O)N(c3cccc(F)c3)C2=O)cc1. The topological polar surface area (TPSA) is 69.7 Å². The van der Waals surface area contributed by atoms with Gasteiger partial charge in [-0.15, -0.1) is 0 Å². The van der Waals surface area contributed by atoms with Crippen molar-refractivity contribution in [1.82, 2.24) is 0 Å². The Morgan fingerprint density at radius 3 is 2.42 bits per heavy atom. The predicted molar refractivity (Wildman–Crippen MR) is 124 cm³/mol. The number of fused-ring (bicyclic) bond motifs is 1. The zero-order valence-corrected chi connectivity index (χ0v) is 17.8. The van der Waals surface area contributed by atoms with Gasteiger partial charge in [-0.2, -0.15) is 0 Å². The van der Waals surface area contributed by atoms with Crippen LogP contribution in [0.5, 0.6) is 0 Å². The molecule has 0 aliphatic carbocycles. The van der Waals surface area contributed by atoms with E-state index in [-0.39, 0.29) is 22.9 Å². The summed E-state index contributed by atoms with van der Waals surface area (Å²) in [7, 11) is 0. The monoisotopic (exact) mass is 441 g/mol. The van der Waals surface area contributed by atoms with Crippen LogP contribution in [-0.2, 0) is 20.8 Å². The molecule has 0 spiro atoms. The smallest absolute Gasteiger partial charge is 0.282 e. The van der Waals surface area contributed by atoms with Crippen LogP contribution in [0, 0.1) is 5.82 Å². The molecule has 0 radical (unpaired) electrons. The first-order valence-electron chi connectivity index (χ1n) is 10.6. The quantitative estimate of drug-likeness (QED) is 0.618. The van der Waals surface area contributed by atoms with Gasteiger partial charge in [0.25, 0.3) is 11.8 Å². The lowest BCUT2D eigenvalue weighted by Crippen LogP contribution is -2.34. The Bertz CT molecular complexity index is 1330. The number of para-hydroxylation sites is 1. The normalized spacial score (nSPS) is 15.3. The van der Waals surface area contributed by atoms with Crippen LogP contribution in [0.25, 0.3) is 5.57 Å². The van der Waals surface area contributed by atoms with Gasteiger partial charge in [0.05, 0.1) is 11.3 Å². The first-order valence-corrected chi connectivity index (χ1v) is 10.6. The molecule has 33 heavy (non-hydrogen) atoms. The van der Waals surface area contributed by atoms with Gasteiger partial charge in [0.2, 0.25) is 5.91 Å². The average molecular weight is 441 g/mol. The predicted octanol–water partition coefficient (Wildman–Crippen LogP) is 4.13. The number of nitrogens with zero attached hydrogens (tertiary/aromatic N) is 2.